The second-order valence-electron chi connectivity index (χ2n) is 5.72. The average Bonchev–Trinajstić information content (AvgIpc) is 2.89. The maximum Gasteiger partial charge on any atom is 0.274 e. The lowest BCUT2D eigenvalue weighted by Crippen LogP contribution is -2.16. The summed E-state index contributed by atoms with van der Waals surface area (Å²) < 4.78 is 1.35. The van der Waals surface area contributed by atoms with Gasteiger partial charge in [-0.25, -0.2) is 4.98 Å². The molecule has 2 aromatic heterocycles. The second kappa shape index (κ2) is 5.63. The van der Waals surface area contributed by atoms with Crippen LogP contribution >= 0.6 is 0 Å². The highest BCUT2D eigenvalue weighted by molar-refractivity contribution is 5.38. The van der Waals surface area contributed by atoms with E-state index in [1.165, 1.54) is 10.1 Å². The van der Waals surface area contributed by atoms with E-state index in [1.54, 1.807) is 6.07 Å². The number of aromatic amines is 1. The van der Waals surface area contributed by atoms with Crippen LogP contribution in [0.5, 0.6) is 0 Å². The fourth-order valence-electron chi connectivity index (χ4n) is 2.28. The quantitative estimate of drug-likeness (QED) is 0.775. The highest BCUT2D eigenvalue weighted by atomic mass is 16.1. The first-order chi connectivity index (χ1) is 10.5. The largest absolute Gasteiger partial charge is 0.351 e. The van der Waals surface area contributed by atoms with Gasteiger partial charge in [-0.05, 0) is 18.4 Å². The molecule has 0 amide bonds. The third-order valence-electron chi connectivity index (χ3n) is 3.48. The average molecular weight is 297 g/mol. The maximum atomic E-state index is 12.1. The summed E-state index contributed by atoms with van der Waals surface area (Å²) in [6.45, 7) is 6.69. The summed E-state index contributed by atoms with van der Waals surface area (Å²) >= 11 is 0. The lowest BCUT2D eigenvalue weighted by Gasteiger charge is -2.03. The first kappa shape index (κ1) is 14.3. The number of anilines is 1. The summed E-state index contributed by atoms with van der Waals surface area (Å²) in [5.41, 5.74) is 2.97. The summed E-state index contributed by atoms with van der Waals surface area (Å²) in [6.07, 6.45) is 0. The van der Waals surface area contributed by atoms with Crippen LogP contribution in [-0.4, -0.2) is 19.6 Å². The third kappa shape index (κ3) is 2.86. The minimum absolute atomic E-state index is 0.148. The van der Waals surface area contributed by atoms with Gasteiger partial charge < -0.3 is 5.32 Å². The van der Waals surface area contributed by atoms with E-state index in [0.717, 1.165) is 11.3 Å². The van der Waals surface area contributed by atoms with Crippen LogP contribution in [-0.2, 0) is 6.54 Å². The molecular weight excluding hydrogens is 278 g/mol. The Hall–Kier alpha value is -2.63. The molecular formula is C16H19N5O. The molecule has 6 nitrogen and oxygen atoms in total. The van der Waals surface area contributed by atoms with E-state index < -0.39 is 0 Å². The summed E-state index contributed by atoms with van der Waals surface area (Å²) in [5, 5.41) is 6.12. The first-order valence-electron chi connectivity index (χ1n) is 7.32. The molecule has 2 heterocycles. The summed E-state index contributed by atoms with van der Waals surface area (Å²) in [7, 11) is 0. The van der Waals surface area contributed by atoms with Gasteiger partial charge in [0.2, 0.25) is 5.95 Å². The van der Waals surface area contributed by atoms with Gasteiger partial charge in [-0.2, -0.15) is 9.50 Å². The van der Waals surface area contributed by atoms with Crippen molar-refractivity contribution in [2.24, 2.45) is 0 Å². The van der Waals surface area contributed by atoms with Crippen LogP contribution in [0.25, 0.3) is 5.78 Å². The van der Waals surface area contributed by atoms with Crippen molar-refractivity contribution < 1.29 is 0 Å². The number of nitrogens with one attached hydrogen (secondary N) is 2. The molecule has 0 spiro atoms. The zero-order valence-electron chi connectivity index (χ0n) is 12.9. The number of hydrogen-bond acceptors (Lipinski definition) is 4. The molecule has 0 aliphatic rings. The van der Waals surface area contributed by atoms with Gasteiger partial charge in [0.1, 0.15) is 0 Å². The molecule has 6 heteroatoms. The molecule has 114 valence electrons. The van der Waals surface area contributed by atoms with Crippen LogP contribution in [0.2, 0.25) is 0 Å². The van der Waals surface area contributed by atoms with Gasteiger partial charge in [0.25, 0.3) is 11.3 Å². The van der Waals surface area contributed by atoms with Crippen molar-refractivity contribution in [2.75, 3.05) is 5.32 Å². The second-order valence-corrected chi connectivity index (χ2v) is 5.72. The smallest absolute Gasteiger partial charge is 0.274 e. The van der Waals surface area contributed by atoms with Crippen LogP contribution in [0.1, 0.15) is 36.6 Å². The van der Waals surface area contributed by atoms with Gasteiger partial charge >= 0.3 is 0 Å². The zero-order valence-corrected chi connectivity index (χ0v) is 12.9. The van der Waals surface area contributed by atoms with Crippen molar-refractivity contribution >= 4 is 11.7 Å². The number of hydrogen-bond donors (Lipinski definition) is 2. The maximum absolute atomic E-state index is 12.1. The van der Waals surface area contributed by atoms with Crippen LogP contribution < -0.4 is 10.9 Å². The standard InChI is InChI=1S/C16H19N5O/c1-10(2)13-8-14(22)21-16(18-13)19-15(20-21)17-9-12-6-4-5-11(3)7-12/h4-8,10H,9H2,1-3H3,(H2,17,18,19,20). The number of aryl methyl sites for hydroxylation is 1. The van der Waals surface area contributed by atoms with Gasteiger partial charge in [0, 0.05) is 12.6 Å². The number of fused-ring (bicyclic) bond motifs is 1. The fourth-order valence-corrected chi connectivity index (χ4v) is 2.28. The summed E-state index contributed by atoms with van der Waals surface area (Å²) in [5.74, 6) is 1.12. The van der Waals surface area contributed by atoms with Gasteiger partial charge in [-0.15, -0.1) is 0 Å². The van der Waals surface area contributed by atoms with Gasteiger partial charge in [0.05, 0.1) is 5.69 Å². The van der Waals surface area contributed by atoms with Gasteiger partial charge in [0.15, 0.2) is 0 Å². The van der Waals surface area contributed by atoms with E-state index in [0.29, 0.717) is 18.3 Å². The minimum Gasteiger partial charge on any atom is -0.351 e. The molecule has 0 atom stereocenters. The molecule has 3 rings (SSSR count). The first-order valence-corrected chi connectivity index (χ1v) is 7.32. The van der Waals surface area contributed by atoms with Crippen LogP contribution in [0.4, 0.5) is 5.95 Å². The number of H-pyrrole nitrogens is 1. The highest BCUT2D eigenvalue weighted by Gasteiger charge is 2.09. The van der Waals surface area contributed by atoms with E-state index in [4.69, 9.17) is 0 Å². The SMILES string of the molecule is Cc1cccc(CNc2nc3nc(C(C)C)cc(=O)n3[nH]2)c1. The Labute approximate surface area is 128 Å². The Balaban J connectivity index is 1.86. The normalized spacial score (nSPS) is 11.3. The molecule has 0 saturated heterocycles. The number of rotatable bonds is 4. The molecule has 0 radical (unpaired) electrons. The predicted octanol–water partition coefficient (Wildman–Crippen LogP) is 2.46. The van der Waals surface area contributed by atoms with Crippen molar-refractivity contribution in [1.29, 1.82) is 0 Å². The molecule has 0 saturated carbocycles. The van der Waals surface area contributed by atoms with Gasteiger partial charge in [-0.1, -0.05) is 43.7 Å². The number of aromatic nitrogens is 4. The zero-order chi connectivity index (χ0) is 15.7. The Morgan fingerprint density at radius 3 is 2.82 bits per heavy atom. The fraction of sp³-hybridized carbons (Fsp3) is 0.312. The predicted molar refractivity (Wildman–Crippen MR) is 86.2 cm³/mol. The Kier molecular flexibility index (Phi) is 3.66. The van der Waals surface area contributed by atoms with Crippen LogP contribution in [0.3, 0.4) is 0 Å². The molecule has 0 aliphatic carbocycles. The van der Waals surface area contributed by atoms with Crippen molar-refractivity contribution in [3.8, 4) is 0 Å². The number of benzene rings is 1. The van der Waals surface area contributed by atoms with Crippen molar-refractivity contribution in [2.45, 2.75) is 33.2 Å². The molecule has 2 N–H and O–H groups in total. The summed E-state index contributed by atoms with van der Waals surface area (Å²) in [6, 6.07) is 9.77. The van der Waals surface area contributed by atoms with Crippen LogP contribution in [0, 0.1) is 6.92 Å². The number of nitrogens with zero attached hydrogens (tertiary/aromatic N) is 3. The minimum atomic E-state index is -0.148. The van der Waals surface area contributed by atoms with Gasteiger partial charge in [-0.3, -0.25) is 9.89 Å². The lowest BCUT2D eigenvalue weighted by molar-refractivity contribution is 0.795. The Bertz CT molecular complexity index is 862. The lowest BCUT2D eigenvalue weighted by atomic mass is 10.1. The molecule has 3 aromatic rings. The Morgan fingerprint density at radius 2 is 2.09 bits per heavy atom. The topological polar surface area (TPSA) is 75.1 Å². The van der Waals surface area contributed by atoms with E-state index in [1.807, 2.05) is 26.0 Å². The van der Waals surface area contributed by atoms with E-state index in [-0.39, 0.29) is 11.5 Å². The molecule has 0 aliphatic heterocycles. The van der Waals surface area contributed by atoms with Crippen molar-refractivity contribution in [3.05, 3.63) is 57.5 Å². The molecule has 1 aromatic carbocycles. The van der Waals surface area contributed by atoms with Crippen LogP contribution in [0.15, 0.2) is 35.1 Å². The molecule has 0 unspecified atom stereocenters. The molecule has 22 heavy (non-hydrogen) atoms. The molecule has 0 fully saturated rings. The van der Waals surface area contributed by atoms with E-state index in [2.05, 4.69) is 39.4 Å². The van der Waals surface area contributed by atoms with E-state index >= 15 is 0 Å². The monoisotopic (exact) mass is 297 g/mol. The van der Waals surface area contributed by atoms with Crippen molar-refractivity contribution in [3.63, 3.8) is 0 Å². The Morgan fingerprint density at radius 1 is 1.27 bits per heavy atom. The van der Waals surface area contributed by atoms with Crippen molar-refractivity contribution in [1.82, 2.24) is 19.6 Å². The highest BCUT2D eigenvalue weighted by Crippen LogP contribution is 2.11. The third-order valence-corrected chi connectivity index (χ3v) is 3.48. The summed E-state index contributed by atoms with van der Waals surface area (Å²) in [4.78, 5) is 20.8. The molecule has 0 bridgehead atoms. The van der Waals surface area contributed by atoms with E-state index in [9.17, 15) is 4.79 Å².